The van der Waals surface area contributed by atoms with Gasteiger partial charge in [0.05, 0.1) is 10.6 Å². The van der Waals surface area contributed by atoms with Crippen LogP contribution in [-0.2, 0) is 5.75 Å². The average molecular weight is 351 g/mol. The van der Waals surface area contributed by atoms with Gasteiger partial charge in [-0.05, 0) is 43.2 Å². The zero-order valence-electron chi connectivity index (χ0n) is 14.0. The van der Waals surface area contributed by atoms with Gasteiger partial charge >= 0.3 is 0 Å². The average Bonchev–Trinajstić information content (AvgIpc) is 2.63. The molecule has 25 heavy (non-hydrogen) atoms. The maximum atomic E-state index is 10.8. The van der Waals surface area contributed by atoms with Gasteiger partial charge in [-0.15, -0.1) is 10.2 Å². The number of aryl methyl sites for hydroxylation is 2. The van der Waals surface area contributed by atoms with Crippen LogP contribution < -0.4 is 0 Å². The second kappa shape index (κ2) is 7.44. The predicted molar refractivity (Wildman–Crippen MR) is 99.6 cm³/mol. The lowest BCUT2D eigenvalue weighted by Crippen LogP contribution is -1.93. The number of nitro groups is 1. The number of thioether (sulfide) groups is 1. The molecule has 3 aromatic rings. The zero-order chi connectivity index (χ0) is 17.8. The van der Waals surface area contributed by atoms with Crippen molar-refractivity contribution < 1.29 is 4.92 Å². The van der Waals surface area contributed by atoms with Gasteiger partial charge in [0.25, 0.3) is 5.69 Å². The summed E-state index contributed by atoms with van der Waals surface area (Å²) in [7, 11) is 0. The maximum Gasteiger partial charge on any atom is 0.269 e. The molecule has 0 aliphatic rings. The van der Waals surface area contributed by atoms with Gasteiger partial charge in [-0.25, -0.2) is 0 Å². The molecular formula is C19H17N3O2S. The second-order valence-electron chi connectivity index (χ2n) is 5.79. The molecule has 1 aromatic heterocycles. The Labute approximate surface area is 150 Å². The zero-order valence-corrected chi connectivity index (χ0v) is 14.8. The molecule has 0 saturated heterocycles. The minimum atomic E-state index is -0.382. The number of non-ortho nitro benzene ring substituents is 1. The fraction of sp³-hybridized carbons (Fsp3) is 0.158. The van der Waals surface area contributed by atoms with Crippen molar-refractivity contribution in [2.24, 2.45) is 0 Å². The summed E-state index contributed by atoms with van der Waals surface area (Å²) in [4.78, 5) is 10.4. The lowest BCUT2D eigenvalue weighted by molar-refractivity contribution is -0.384. The molecule has 0 unspecified atom stereocenters. The van der Waals surface area contributed by atoms with Crippen LogP contribution in [0, 0.1) is 24.0 Å². The van der Waals surface area contributed by atoms with E-state index >= 15 is 0 Å². The highest BCUT2D eigenvalue weighted by Gasteiger charge is 2.08. The molecule has 3 rings (SSSR count). The van der Waals surface area contributed by atoms with Crippen molar-refractivity contribution >= 4 is 17.4 Å². The monoisotopic (exact) mass is 351 g/mol. The van der Waals surface area contributed by atoms with E-state index in [9.17, 15) is 10.1 Å². The quantitative estimate of drug-likeness (QED) is 0.369. The fourth-order valence-corrected chi connectivity index (χ4v) is 3.23. The molecule has 1 heterocycles. The van der Waals surface area contributed by atoms with E-state index in [1.54, 1.807) is 12.1 Å². The second-order valence-corrected chi connectivity index (χ2v) is 6.79. The highest BCUT2D eigenvalue weighted by Crippen LogP contribution is 2.26. The van der Waals surface area contributed by atoms with Crippen LogP contribution in [0.25, 0.3) is 11.3 Å². The van der Waals surface area contributed by atoms with E-state index in [0.717, 1.165) is 27.4 Å². The first kappa shape index (κ1) is 17.1. The van der Waals surface area contributed by atoms with Gasteiger partial charge in [0, 0.05) is 23.4 Å². The van der Waals surface area contributed by atoms with E-state index in [-0.39, 0.29) is 10.6 Å². The third-order valence-corrected chi connectivity index (χ3v) is 4.81. The van der Waals surface area contributed by atoms with E-state index < -0.39 is 0 Å². The smallest absolute Gasteiger partial charge is 0.258 e. The molecule has 5 nitrogen and oxygen atoms in total. The first-order chi connectivity index (χ1) is 12.0. The lowest BCUT2D eigenvalue weighted by Gasteiger charge is -2.07. The highest BCUT2D eigenvalue weighted by molar-refractivity contribution is 7.98. The standard InChI is InChI=1S/C19H17N3O2S/c1-13-6-7-14(2)17(10-13)18-8-9-19(21-20-18)25-12-15-4-3-5-16(11-15)22(23)24/h3-11H,12H2,1-2H3. The summed E-state index contributed by atoms with van der Waals surface area (Å²) in [5, 5.41) is 20.2. The molecule has 0 amide bonds. The van der Waals surface area contributed by atoms with Crippen molar-refractivity contribution in [1.82, 2.24) is 10.2 Å². The van der Waals surface area contributed by atoms with Crippen LogP contribution in [0.4, 0.5) is 5.69 Å². The third kappa shape index (κ3) is 4.22. The van der Waals surface area contributed by atoms with Crippen LogP contribution in [0.1, 0.15) is 16.7 Å². The molecule has 0 atom stereocenters. The Kier molecular flexibility index (Phi) is 5.09. The van der Waals surface area contributed by atoms with Gasteiger partial charge in [0.15, 0.2) is 0 Å². The van der Waals surface area contributed by atoms with Crippen molar-refractivity contribution in [3.8, 4) is 11.3 Å². The van der Waals surface area contributed by atoms with Gasteiger partial charge in [-0.1, -0.05) is 41.6 Å². The largest absolute Gasteiger partial charge is 0.269 e. The van der Waals surface area contributed by atoms with E-state index in [1.807, 2.05) is 18.2 Å². The Balaban J connectivity index is 1.72. The summed E-state index contributed by atoms with van der Waals surface area (Å²) in [5.74, 6) is 0.610. The topological polar surface area (TPSA) is 68.9 Å². The van der Waals surface area contributed by atoms with Gasteiger partial charge in [-0.3, -0.25) is 10.1 Å². The number of hydrogen-bond acceptors (Lipinski definition) is 5. The maximum absolute atomic E-state index is 10.8. The molecule has 0 N–H and O–H groups in total. The highest BCUT2D eigenvalue weighted by atomic mass is 32.2. The van der Waals surface area contributed by atoms with Crippen LogP contribution in [-0.4, -0.2) is 15.1 Å². The minimum Gasteiger partial charge on any atom is -0.258 e. The first-order valence-corrected chi connectivity index (χ1v) is 8.79. The normalized spacial score (nSPS) is 10.6. The van der Waals surface area contributed by atoms with E-state index in [1.165, 1.54) is 23.4 Å². The summed E-state index contributed by atoms with van der Waals surface area (Å²) in [6.45, 7) is 4.11. The Morgan fingerprint density at radius 2 is 1.88 bits per heavy atom. The molecule has 126 valence electrons. The van der Waals surface area contributed by atoms with E-state index in [0.29, 0.717) is 5.75 Å². The van der Waals surface area contributed by atoms with Crippen molar-refractivity contribution in [1.29, 1.82) is 0 Å². The molecule has 0 fully saturated rings. The van der Waals surface area contributed by atoms with Crippen molar-refractivity contribution in [3.63, 3.8) is 0 Å². The van der Waals surface area contributed by atoms with Crippen molar-refractivity contribution in [2.75, 3.05) is 0 Å². The molecule has 0 saturated carbocycles. The van der Waals surface area contributed by atoms with Crippen LogP contribution in [0.5, 0.6) is 0 Å². The molecule has 0 bridgehead atoms. The predicted octanol–water partition coefficient (Wildman–Crippen LogP) is 4.96. The summed E-state index contributed by atoms with van der Waals surface area (Å²) in [6, 6.07) is 16.8. The van der Waals surface area contributed by atoms with Gasteiger partial charge in [-0.2, -0.15) is 0 Å². The number of benzene rings is 2. The molecular weight excluding hydrogens is 334 g/mol. The van der Waals surface area contributed by atoms with Crippen LogP contribution in [0.2, 0.25) is 0 Å². The lowest BCUT2D eigenvalue weighted by atomic mass is 10.0. The summed E-state index contributed by atoms with van der Waals surface area (Å²) in [5.41, 5.74) is 5.28. The van der Waals surface area contributed by atoms with E-state index in [2.05, 4.69) is 42.2 Å². The molecule has 6 heteroatoms. The van der Waals surface area contributed by atoms with Crippen LogP contribution in [0.3, 0.4) is 0 Å². The fourth-order valence-electron chi connectivity index (χ4n) is 2.47. The Morgan fingerprint density at radius 1 is 1.04 bits per heavy atom. The van der Waals surface area contributed by atoms with Gasteiger partial charge in [0.2, 0.25) is 0 Å². The van der Waals surface area contributed by atoms with Crippen molar-refractivity contribution in [3.05, 3.63) is 81.4 Å². The van der Waals surface area contributed by atoms with Crippen LogP contribution >= 0.6 is 11.8 Å². The molecule has 2 aromatic carbocycles. The van der Waals surface area contributed by atoms with Gasteiger partial charge < -0.3 is 0 Å². The number of aromatic nitrogens is 2. The number of hydrogen-bond donors (Lipinski definition) is 0. The van der Waals surface area contributed by atoms with Crippen LogP contribution in [0.15, 0.2) is 59.6 Å². The number of nitrogens with zero attached hydrogens (tertiary/aromatic N) is 3. The van der Waals surface area contributed by atoms with Gasteiger partial charge in [0.1, 0.15) is 5.03 Å². The Morgan fingerprint density at radius 3 is 2.60 bits per heavy atom. The Bertz CT molecular complexity index is 911. The molecule has 0 aliphatic heterocycles. The van der Waals surface area contributed by atoms with Crippen molar-refractivity contribution in [2.45, 2.75) is 24.6 Å². The number of nitro benzene ring substituents is 1. The molecule has 0 aliphatic carbocycles. The summed E-state index contributed by atoms with van der Waals surface area (Å²) >= 11 is 1.51. The SMILES string of the molecule is Cc1ccc(C)c(-c2ccc(SCc3cccc([N+](=O)[O-])c3)nn2)c1. The molecule has 0 radical (unpaired) electrons. The summed E-state index contributed by atoms with van der Waals surface area (Å²) in [6.07, 6.45) is 0. The van der Waals surface area contributed by atoms with E-state index in [4.69, 9.17) is 0 Å². The first-order valence-electron chi connectivity index (χ1n) is 7.80. The minimum absolute atomic E-state index is 0.106. The number of rotatable bonds is 5. The summed E-state index contributed by atoms with van der Waals surface area (Å²) < 4.78 is 0. The Hall–Kier alpha value is -2.73. The molecule has 0 spiro atoms. The third-order valence-electron chi connectivity index (χ3n) is 3.82.